The Labute approximate surface area is 388 Å². The summed E-state index contributed by atoms with van der Waals surface area (Å²) in [5, 5.41) is 6.15. The third kappa shape index (κ3) is 7.64. The molecule has 1 N–H and O–H groups in total. The van der Waals surface area contributed by atoms with E-state index in [2.05, 4.69) is 174 Å². The van der Waals surface area contributed by atoms with Gasteiger partial charge in [0, 0.05) is 44.3 Å². The van der Waals surface area contributed by atoms with Crippen LogP contribution in [0.15, 0.2) is 247 Å². The summed E-state index contributed by atoms with van der Waals surface area (Å²) in [4.78, 5) is 26.0. The summed E-state index contributed by atoms with van der Waals surface area (Å²) in [7, 11) is 0. The molecule has 11 aromatic rings. The van der Waals surface area contributed by atoms with Crippen molar-refractivity contribution < 1.29 is 0 Å². The molecular weight excluding hydrogens is 819 g/mol. The number of hydrogen-bond donors (Lipinski definition) is 1. The molecule has 0 radical (unpaired) electrons. The Kier molecular flexibility index (Phi) is 10.1. The topological polar surface area (TPSA) is 80.4 Å². The lowest BCUT2D eigenvalue weighted by atomic mass is 9.94. The summed E-state index contributed by atoms with van der Waals surface area (Å²) < 4.78 is 2.36. The summed E-state index contributed by atoms with van der Waals surface area (Å²) in [6, 6.07) is 81.8. The Morgan fingerprint density at radius 1 is 0.358 bits per heavy atom. The van der Waals surface area contributed by atoms with Crippen LogP contribution in [0.4, 0.5) is 0 Å². The molecule has 1 aliphatic rings. The monoisotopic (exact) mass is 859 g/mol. The van der Waals surface area contributed by atoms with E-state index in [9.17, 15) is 0 Å². The van der Waals surface area contributed by atoms with Crippen LogP contribution in [0.2, 0.25) is 0 Å². The van der Waals surface area contributed by atoms with E-state index in [1.54, 1.807) is 0 Å². The molecule has 0 spiro atoms. The number of rotatable bonds is 9. The molecule has 7 heteroatoms. The number of nitrogens with zero attached hydrogens (tertiary/aromatic N) is 6. The highest BCUT2D eigenvalue weighted by Gasteiger charge is 2.25. The first-order chi connectivity index (χ1) is 33.2. The number of fused-ring (bicyclic) bond motifs is 3. The molecule has 2 aromatic heterocycles. The minimum absolute atomic E-state index is 0.393. The maximum atomic E-state index is 5.34. The van der Waals surface area contributed by atoms with Gasteiger partial charge >= 0.3 is 0 Å². The molecule has 67 heavy (non-hydrogen) atoms. The minimum Gasteiger partial charge on any atom is -0.344 e. The standard InChI is InChI=1S/C60H41N7/c1-6-18-40(19-7-1)41-30-32-45(33-31-41)58-61-55(42-20-8-2-9-21-42)63-59(64-58)47-35-36-49(46-34-37-51-50-28-16-17-29-53(50)67(54(51)39-46)48-26-14-5-15-27-48)52(38-47)60-65-56(43-22-10-3-11-23-43)62-57(66-60)44-24-12-4-13-25-44/h1-39,56H,(H,62,65,66). The van der Waals surface area contributed by atoms with Gasteiger partial charge in [-0.15, -0.1) is 0 Å². The Morgan fingerprint density at radius 2 is 0.851 bits per heavy atom. The number of nitrogens with one attached hydrogen (secondary N) is 1. The molecule has 1 atom stereocenters. The first kappa shape index (κ1) is 39.5. The number of aliphatic imine (C=N–C) groups is 2. The van der Waals surface area contributed by atoms with E-state index in [1.807, 2.05) is 72.8 Å². The lowest BCUT2D eigenvalue weighted by Crippen LogP contribution is -2.34. The van der Waals surface area contributed by atoms with Gasteiger partial charge in [-0.05, 0) is 58.1 Å². The zero-order chi connectivity index (χ0) is 44.5. The van der Waals surface area contributed by atoms with E-state index in [-0.39, 0.29) is 0 Å². The number of aromatic nitrogens is 4. The fourth-order valence-corrected chi connectivity index (χ4v) is 9.03. The molecule has 0 aliphatic carbocycles. The van der Waals surface area contributed by atoms with Crippen LogP contribution in [0.25, 0.3) is 83.9 Å². The lowest BCUT2D eigenvalue weighted by Gasteiger charge is -2.25. The van der Waals surface area contributed by atoms with E-state index in [4.69, 9.17) is 24.9 Å². The fourth-order valence-electron chi connectivity index (χ4n) is 9.03. The SMILES string of the molecule is c1ccc(C2=NC(c3ccccc3)NC(c3cc(-c4nc(-c5ccccc5)nc(-c5ccc(-c6ccccc6)cc5)n4)ccc3-c3ccc4c5ccccc5n(-c5ccccc5)c4c3)=N2)cc1. The fraction of sp³-hybridized carbons (Fsp3) is 0.0167. The number of hydrogen-bond acceptors (Lipinski definition) is 6. The summed E-state index contributed by atoms with van der Waals surface area (Å²) in [6.45, 7) is 0. The molecule has 0 saturated heterocycles. The molecule has 316 valence electrons. The molecule has 1 aliphatic heterocycles. The summed E-state index contributed by atoms with van der Waals surface area (Å²) in [5.74, 6) is 3.07. The second kappa shape index (κ2) is 17.1. The van der Waals surface area contributed by atoms with Gasteiger partial charge in [-0.3, -0.25) is 0 Å². The first-order valence-electron chi connectivity index (χ1n) is 22.4. The number of benzene rings is 9. The van der Waals surface area contributed by atoms with Gasteiger partial charge in [0.25, 0.3) is 0 Å². The number of amidine groups is 2. The van der Waals surface area contributed by atoms with Crippen LogP contribution in [0.3, 0.4) is 0 Å². The molecule has 1 unspecified atom stereocenters. The molecule has 0 fully saturated rings. The van der Waals surface area contributed by atoms with Crippen LogP contribution in [-0.4, -0.2) is 31.2 Å². The maximum Gasteiger partial charge on any atom is 0.164 e. The first-order valence-corrected chi connectivity index (χ1v) is 22.4. The highest BCUT2D eigenvalue weighted by Crippen LogP contribution is 2.38. The van der Waals surface area contributed by atoms with Gasteiger partial charge in [0.15, 0.2) is 23.3 Å². The molecule has 7 nitrogen and oxygen atoms in total. The van der Waals surface area contributed by atoms with E-state index in [0.717, 1.165) is 72.4 Å². The van der Waals surface area contributed by atoms with E-state index in [1.165, 1.54) is 10.8 Å². The van der Waals surface area contributed by atoms with Gasteiger partial charge < -0.3 is 9.88 Å². The van der Waals surface area contributed by atoms with Crippen LogP contribution < -0.4 is 5.32 Å². The Balaban J connectivity index is 1.06. The highest BCUT2D eigenvalue weighted by molar-refractivity contribution is 6.16. The van der Waals surface area contributed by atoms with E-state index in [0.29, 0.717) is 29.1 Å². The molecule has 0 amide bonds. The van der Waals surface area contributed by atoms with Gasteiger partial charge in [0.2, 0.25) is 0 Å². The third-order valence-corrected chi connectivity index (χ3v) is 12.3. The van der Waals surface area contributed by atoms with Crippen molar-refractivity contribution in [3.8, 4) is 62.1 Å². The second-order valence-electron chi connectivity index (χ2n) is 16.5. The molecule has 12 rings (SSSR count). The normalized spacial score (nSPS) is 13.5. The molecule has 9 aromatic carbocycles. The summed E-state index contributed by atoms with van der Waals surface area (Å²) in [6.07, 6.45) is -0.393. The van der Waals surface area contributed by atoms with Gasteiger partial charge in [-0.25, -0.2) is 24.9 Å². The van der Waals surface area contributed by atoms with Crippen LogP contribution in [0, 0.1) is 0 Å². The molecular formula is C60H41N7. The smallest absolute Gasteiger partial charge is 0.164 e. The zero-order valence-electron chi connectivity index (χ0n) is 36.3. The third-order valence-electron chi connectivity index (χ3n) is 12.3. The Bertz CT molecular complexity index is 3630. The average Bonchev–Trinajstić information content (AvgIpc) is 3.75. The van der Waals surface area contributed by atoms with Crippen molar-refractivity contribution in [3.63, 3.8) is 0 Å². The maximum absolute atomic E-state index is 5.34. The van der Waals surface area contributed by atoms with Crippen molar-refractivity contribution in [2.75, 3.05) is 0 Å². The van der Waals surface area contributed by atoms with Crippen molar-refractivity contribution in [2.24, 2.45) is 9.98 Å². The van der Waals surface area contributed by atoms with Crippen LogP contribution >= 0.6 is 0 Å². The van der Waals surface area contributed by atoms with Crippen molar-refractivity contribution >= 4 is 33.5 Å². The molecule has 0 bridgehead atoms. The molecule has 3 heterocycles. The average molecular weight is 860 g/mol. The number of para-hydroxylation sites is 2. The van der Waals surface area contributed by atoms with E-state index >= 15 is 0 Å². The predicted molar refractivity (Wildman–Crippen MR) is 273 cm³/mol. The van der Waals surface area contributed by atoms with Gasteiger partial charge in [0.05, 0.1) is 11.0 Å². The van der Waals surface area contributed by atoms with E-state index < -0.39 is 6.17 Å². The van der Waals surface area contributed by atoms with Crippen molar-refractivity contribution in [1.82, 2.24) is 24.8 Å². The quantitative estimate of drug-likeness (QED) is 0.157. The predicted octanol–water partition coefficient (Wildman–Crippen LogP) is 13.8. The van der Waals surface area contributed by atoms with Crippen molar-refractivity contribution in [3.05, 3.63) is 253 Å². The Morgan fingerprint density at radius 3 is 1.54 bits per heavy atom. The molecule has 0 saturated carbocycles. The van der Waals surface area contributed by atoms with Crippen LogP contribution in [-0.2, 0) is 0 Å². The largest absolute Gasteiger partial charge is 0.344 e. The minimum atomic E-state index is -0.393. The van der Waals surface area contributed by atoms with Gasteiger partial charge in [-0.2, -0.15) is 0 Å². The van der Waals surface area contributed by atoms with Crippen molar-refractivity contribution in [2.45, 2.75) is 6.17 Å². The summed E-state index contributed by atoms with van der Waals surface area (Å²) >= 11 is 0. The van der Waals surface area contributed by atoms with Gasteiger partial charge in [0.1, 0.15) is 12.0 Å². The lowest BCUT2D eigenvalue weighted by molar-refractivity contribution is 0.674. The van der Waals surface area contributed by atoms with Gasteiger partial charge in [-0.1, -0.05) is 206 Å². The zero-order valence-corrected chi connectivity index (χ0v) is 36.3. The highest BCUT2D eigenvalue weighted by atomic mass is 15.2. The summed E-state index contributed by atoms with van der Waals surface area (Å²) in [5.41, 5.74) is 13.1. The second-order valence-corrected chi connectivity index (χ2v) is 16.5. The van der Waals surface area contributed by atoms with Crippen LogP contribution in [0.5, 0.6) is 0 Å². The Hall–Kier alpha value is -9.07. The van der Waals surface area contributed by atoms with Crippen molar-refractivity contribution in [1.29, 1.82) is 0 Å². The van der Waals surface area contributed by atoms with Crippen LogP contribution in [0.1, 0.15) is 22.9 Å².